The SMILES string of the molecule is Cc1ccc(C)c(OCc2nnc(Sc3nc(C(F)F)nc4ccccc34)o2)c1. The maximum atomic E-state index is 13.1. The van der Waals surface area contributed by atoms with Crippen LogP contribution in [0.25, 0.3) is 10.9 Å². The number of rotatable bonds is 6. The molecule has 2 aromatic heterocycles. The Morgan fingerprint density at radius 2 is 1.90 bits per heavy atom. The lowest BCUT2D eigenvalue weighted by Gasteiger charge is -2.07. The molecule has 29 heavy (non-hydrogen) atoms. The normalized spacial score (nSPS) is 11.3. The molecule has 148 valence electrons. The number of hydrogen-bond donors (Lipinski definition) is 0. The van der Waals surface area contributed by atoms with Crippen molar-refractivity contribution in [2.45, 2.75) is 37.1 Å². The van der Waals surface area contributed by atoms with E-state index >= 15 is 0 Å². The van der Waals surface area contributed by atoms with Gasteiger partial charge in [0.2, 0.25) is 0 Å². The second kappa shape index (κ2) is 8.12. The van der Waals surface area contributed by atoms with E-state index in [0.29, 0.717) is 15.9 Å². The minimum absolute atomic E-state index is 0.102. The van der Waals surface area contributed by atoms with Gasteiger partial charge in [0.25, 0.3) is 17.5 Å². The Morgan fingerprint density at radius 1 is 1.07 bits per heavy atom. The van der Waals surface area contributed by atoms with Crippen LogP contribution >= 0.6 is 11.8 Å². The second-order valence-electron chi connectivity index (χ2n) is 6.33. The van der Waals surface area contributed by atoms with Gasteiger partial charge < -0.3 is 9.15 Å². The van der Waals surface area contributed by atoms with Crippen LogP contribution in [0.1, 0.15) is 29.3 Å². The quantitative estimate of drug-likeness (QED) is 0.397. The van der Waals surface area contributed by atoms with E-state index in [1.54, 1.807) is 24.3 Å². The lowest BCUT2D eigenvalue weighted by atomic mass is 10.1. The van der Waals surface area contributed by atoms with Crippen molar-refractivity contribution in [1.29, 1.82) is 0 Å². The molecule has 0 fully saturated rings. The Hall–Kier alpha value is -3.07. The fourth-order valence-electron chi connectivity index (χ4n) is 2.66. The van der Waals surface area contributed by atoms with Crippen LogP contribution < -0.4 is 4.74 Å². The summed E-state index contributed by atoms with van der Waals surface area (Å²) < 4.78 is 37.6. The smallest absolute Gasteiger partial charge is 0.297 e. The van der Waals surface area contributed by atoms with E-state index in [1.165, 1.54) is 0 Å². The minimum atomic E-state index is -2.77. The van der Waals surface area contributed by atoms with E-state index in [9.17, 15) is 8.78 Å². The summed E-state index contributed by atoms with van der Waals surface area (Å²) >= 11 is 1.02. The van der Waals surface area contributed by atoms with Crippen molar-refractivity contribution in [2.24, 2.45) is 0 Å². The molecule has 0 unspecified atom stereocenters. The highest BCUT2D eigenvalue weighted by Crippen LogP contribution is 2.32. The topological polar surface area (TPSA) is 73.9 Å². The molecule has 0 amide bonds. The van der Waals surface area contributed by atoms with Gasteiger partial charge in [0.05, 0.1) is 5.52 Å². The van der Waals surface area contributed by atoms with E-state index in [-0.39, 0.29) is 17.7 Å². The van der Waals surface area contributed by atoms with Gasteiger partial charge in [0.1, 0.15) is 10.8 Å². The molecule has 2 heterocycles. The van der Waals surface area contributed by atoms with Crippen LogP contribution in [0.4, 0.5) is 8.78 Å². The fourth-order valence-corrected chi connectivity index (χ4v) is 3.47. The highest BCUT2D eigenvalue weighted by atomic mass is 32.2. The molecule has 4 rings (SSSR count). The van der Waals surface area contributed by atoms with Crippen LogP contribution in [0.5, 0.6) is 5.75 Å². The third kappa shape index (κ3) is 4.34. The Balaban J connectivity index is 1.54. The first-order chi connectivity index (χ1) is 14.0. The number of ether oxygens (including phenoxy) is 1. The van der Waals surface area contributed by atoms with E-state index in [1.807, 2.05) is 32.0 Å². The van der Waals surface area contributed by atoms with Crippen molar-refractivity contribution < 1.29 is 17.9 Å². The molecule has 6 nitrogen and oxygen atoms in total. The summed E-state index contributed by atoms with van der Waals surface area (Å²) in [6.07, 6.45) is -2.77. The molecule has 0 saturated heterocycles. The molecule has 0 N–H and O–H groups in total. The highest BCUT2D eigenvalue weighted by molar-refractivity contribution is 7.99. The molecule has 9 heteroatoms. The number of fused-ring (bicyclic) bond motifs is 1. The van der Waals surface area contributed by atoms with Crippen molar-refractivity contribution in [2.75, 3.05) is 0 Å². The van der Waals surface area contributed by atoms with Crippen LogP contribution in [0.15, 0.2) is 57.1 Å². The average molecular weight is 414 g/mol. The molecule has 4 aromatic rings. The molecular weight excluding hydrogens is 398 g/mol. The van der Waals surface area contributed by atoms with Crippen LogP contribution in [-0.4, -0.2) is 20.2 Å². The van der Waals surface area contributed by atoms with Gasteiger partial charge in [-0.15, -0.1) is 10.2 Å². The summed E-state index contributed by atoms with van der Waals surface area (Å²) in [5, 5.41) is 9.08. The number of halogens is 2. The van der Waals surface area contributed by atoms with Gasteiger partial charge in [-0.3, -0.25) is 0 Å². The van der Waals surface area contributed by atoms with Crippen molar-refractivity contribution in [1.82, 2.24) is 20.2 Å². The van der Waals surface area contributed by atoms with E-state index in [0.717, 1.165) is 28.6 Å². The molecule has 0 saturated carbocycles. The van der Waals surface area contributed by atoms with Crippen molar-refractivity contribution in [3.8, 4) is 5.75 Å². The average Bonchev–Trinajstić information content (AvgIpc) is 3.16. The van der Waals surface area contributed by atoms with E-state index in [2.05, 4.69) is 20.2 Å². The Bertz CT molecular complexity index is 1170. The van der Waals surface area contributed by atoms with Gasteiger partial charge in [0.15, 0.2) is 12.4 Å². The van der Waals surface area contributed by atoms with Crippen LogP contribution in [0.2, 0.25) is 0 Å². The number of hydrogen-bond acceptors (Lipinski definition) is 7. The number of aromatic nitrogens is 4. The first-order valence-electron chi connectivity index (χ1n) is 8.74. The van der Waals surface area contributed by atoms with Gasteiger partial charge in [-0.05, 0) is 48.9 Å². The summed E-state index contributed by atoms with van der Waals surface area (Å²) in [5.41, 5.74) is 2.51. The third-order valence-corrected chi connectivity index (χ3v) is 4.95. The summed E-state index contributed by atoms with van der Waals surface area (Å²) in [4.78, 5) is 7.86. The summed E-state index contributed by atoms with van der Waals surface area (Å²) in [5.74, 6) is 0.478. The molecule has 2 aromatic carbocycles. The number of para-hydroxylation sites is 1. The van der Waals surface area contributed by atoms with Gasteiger partial charge in [0, 0.05) is 5.39 Å². The predicted molar refractivity (Wildman–Crippen MR) is 103 cm³/mol. The van der Waals surface area contributed by atoms with Gasteiger partial charge in [-0.2, -0.15) is 0 Å². The van der Waals surface area contributed by atoms with Crippen LogP contribution in [0, 0.1) is 13.8 Å². The molecule has 0 atom stereocenters. The summed E-state index contributed by atoms with van der Waals surface area (Å²) in [7, 11) is 0. The zero-order valence-electron chi connectivity index (χ0n) is 15.6. The molecule has 0 spiro atoms. The fraction of sp³-hybridized carbons (Fsp3) is 0.200. The lowest BCUT2D eigenvalue weighted by molar-refractivity contribution is 0.140. The van der Waals surface area contributed by atoms with Crippen molar-refractivity contribution in [3.63, 3.8) is 0 Å². The third-order valence-electron chi connectivity index (χ3n) is 4.11. The molecule has 0 aliphatic carbocycles. The van der Waals surface area contributed by atoms with Crippen LogP contribution in [-0.2, 0) is 6.61 Å². The summed E-state index contributed by atoms with van der Waals surface area (Å²) in [6, 6.07) is 12.8. The maximum Gasteiger partial charge on any atom is 0.297 e. The second-order valence-corrected chi connectivity index (χ2v) is 7.27. The first-order valence-corrected chi connectivity index (χ1v) is 9.56. The Labute approximate surface area is 169 Å². The molecule has 0 aliphatic heterocycles. The molecule has 0 aliphatic rings. The Morgan fingerprint density at radius 3 is 2.72 bits per heavy atom. The van der Waals surface area contributed by atoms with Crippen molar-refractivity contribution in [3.05, 3.63) is 65.3 Å². The van der Waals surface area contributed by atoms with E-state index < -0.39 is 12.2 Å². The standard InChI is InChI=1S/C20H16F2N4O2S/c1-11-7-8-12(2)15(9-11)27-10-16-25-26-20(28-16)29-19-13-5-3-4-6-14(13)23-18(24-19)17(21)22/h3-9,17H,10H2,1-2H3. The first kappa shape index (κ1) is 19.3. The molecular formula is C20H16F2N4O2S. The van der Waals surface area contributed by atoms with Gasteiger partial charge in [-0.25, -0.2) is 18.7 Å². The zero-order chi connectivity index (χ0) is 20.4. The molecule has 0 radical (unpaired) electrons. The number of benzene rings is 2. The highest BCUT2D eigenvalue weighted by Gasteiger charge is 2.18. The van der Waals surface area contributed by atoms with Crippen LogP contribution in [0.3, 0.4) is 0 Å². The summed E-state index contributed by atoms with van der Waals surface area (Å²) in [6.45, 7) is 4.03. The number of nitrogens with zero attached hydrogens (tertiary/aromatic N) is 4. The monoisotopic (exact) mass is 414 g/mol. The van der Waals surface area contributed by atoms with Gasteiger partial charge in [-0.1, -0.05) is 30.3 Å². The molecule has 0 bridgehead atoms. The largest absolute Gasteiger partial charge is 0.484 e. The van der Waals surface area contributed by atoms with E-state index in [4.69, 9.17) is 9.15 Å². The zero-order valence-corrected chi connectivity index (χ0v) is 16.4. The van der Waals surface area contributed by atoms with Crippen molar-refractivity contribution >= 4 is 22.7 Å². The number of alkyl halides is 2. The number of aryl methyl sites for hydroxylation is 2. The maximum absolute atomic E-state index is 13.1. The lowest BCUT2D eigenvalue weighted by Crippen LogP contribution is -1.98. The van der Waals surface area contributed by atoms with Gasteiger partial charge >= 0.3 is 0 Å². The predicted octanol–water partition coefficient (Wildman–Crippen LogP) is 5.30. The Kier molecular flexibility index (Phi) is 5.39. The minimum Gasteiger partial charge on any atom is -0.484 e.